The second-order valence-corrected chi connectivity index (χ2v) is 6.75. The van der Waals surface area contributed by atoms with Gasteiger partial charge < -0.3 is 15.4 Å². The Morgan fingerprint density at radius 1 is 1.29 bits per heavy atom. The molecule has 0 bridgehead atoms. The molecule has 0 aliphatic heterocycles. The molecule has 1 aromatic heterocycles. The fourth-order valence-electron chi connectivity index (χ4n) is 2.64. The predicted octanol–water partition coefficient (Wildman–Crippen LogP) is 4.15. The van der Waals surface area contributed by atoms with Crippen molar-refractivity contribution >= 4 is 40.0 Å². The van der Waals surface area contributed by atoms with Crippen molar-refractivity contribution in [2.45, 2.75) is 19.9 Å². The van der Waals surface area contributed by atoms with Crippen LogP contribution in [-0.2, 0) is 0 Å². The van der Waals surface area contributed by atoms with E-state index in [1.54, 1.807) is 43.6 Å². The Hall–Kier alpha value is -3.30. The smallest absolute Gasteiger partial charge is 0.251 e. The quantitative estimate of drug-likeness (QED) is 0.635. The normalized spacial score (nSPS) is 10.6. The number of fused-ring (bicyclic) bond motifs is 1. The molecule has 3 aromatic rings. The Labute approximate surface area is 168 Å². The van der Waals surface area contributed by atoms with Gasteiger partial charge >= 0.3 is 0 Å². The van der Waals surface area contributed by atoms with Crippen LogP contribution < -0.4 is 15.4 Å². The van der Waals surface area contributed by atoms with Crippen LogP contribution in [0.5, 0.6) is 5.75 Å². The van der Waals surface area contributed by atoms with Gasteiger partial charge in [-0.1, -0.05) is 17.5 Å². The molecule has 0 aliphatic carbocycles. The Morgan fingerprint density at radius 3 is 2.61 bits per heavy atom. The van der Waals surface area contributed by atoms with Crippen LogP contribution in [0.3, 0.4) is 0 Å². The summed E-state index contributed by atoms with van der Waals surface area (Å²) in [7, 11) is 1.54. The van der Waals surface area contributed by atoms with Crippen molar-refractivity contribution in [2.75, 3.05) is 12.4 Å². The molecule has 7 heteroatoms. The van der Waals surface area contributed by atoms with E-state index in [9.17, 15) is 4.79 Å². The number of nitrogens with one attached hydrogen (secondary N) is 2. The largest absolute Gasteiger partial charge is 0.494 e. The van der Waals surface area contributed by atoms with Crippen LogP contribution in [0.4, 0.5) is 11.6 Å². The Bertz CT molecular complexity index is 1070. The topological polar surface area (TPSA) is 76.1 Å². The maximum Gasteiger partial charge on any atom is 0.251 e. The van der Waals surface area contributed by atoms with Gasteiger partial charge in [-0.15, -0.1) is 6.42 Å². The minimum atomic E-state index is -0.118. The first-order valence-electron chi connectivity index (χ1n) is 8.60. The number of carbonyl (C=O) groups excluding carboxylic acids is 1. The van der Waals surface area contributed by atoms with E-state index in [1.807, 2.05) is 13.8 Å². The van der Waals surface area contributed by atoms with Crippen molar-refractivity contribution in [2.24, 2.45) is 0 Å². The number of aromatic nitrogens is 2. The number of hydrogen-bond acceptors (Lipinski definition) is 5. The van der Waals surface area contributed by atoms with E-state index in [0.717, 1.165) is 5.69 Å². The van der Waals surface area contributed by atoms with Gasteiger partial charge in [0.1, 0.15) is 11.3 Å². The second-order valence-electron chi connectivity index (χ2n) is 6.37. The summed E-state index contributed by atoms with van der Waals surface area (Å²) in [6.07, 6.45) is 7.08. The lowest BCUT2D eigenvalue weighted by Gasteiger charge is -2.11. The van der Waals surface area contributed by atoms with Crippen LogP contribution in [-0.4, -0.2) is 29.0 Å². The zero-order valence-electron chi connectivity index (χ0n) is 15.7. The molecular weight excluding hydrogens is 376 g/mol. The van der Waals surface area contributed by atoms with E-state index in [4.69, 9.17) is 22.8 Å². The standard InChI is InChI=1S/C21H19ClN4O2/c1-5-13-10-17(28-4)19-16(18(13)22)11-23-21(26-19)25-15-8-6-14(7-9-15)20(27)24-12(2)3/h1,6-12H,2-4H3,(H,24,27)(H,23,25,26). The van der Waals surface area contributed by atoms with E-state index < -0.39 is 0 Å². The number of carbonyl (C=O) groups is 1. The minimum absolute atomic E-state index is 0.0769. The summed E-state index contributed by atoms with van der Waals surface area (Å²) < 4.78 is 5.39. The molecule has 2 aromatic carbocycles. The number of hydrogen-bond donors (Lipinski definition) is 2. The van der Waals surface area contributed by atoms with Crippen LogP contribution in [0, 0.1) is 12.3 Å². The average Bonchev–Trinajstić information content (AvgIpc) is 2.68. The molecule has 1 amide bonds. The van der Waals surface area contributed by atoms with Crippen LogP contribution in [0.2, 0.25) is 5.02 Å². The molecule has 0 radical (unpaired) electrons. The number of ether oxygens (including phenoxy) is 1. The number of halogens is 1. The van der Waals surface area contributed by atoms with Gasteiger partial charge in [0.05, 0.1) is 12.1 Å². The number of amides is 1. The van der Waals surface area contributed by atoms with Gasteiger partial charge in [-0.2, -0.15) is 0 Å². The van der Waals surface area contributed by atoms with Crippen molar-refractivity contribution in [3.8, 4) is 18.1 Å². The van der Waals surface area contributed by atoms with E-state index in [2.05, 4.69) is 26.5 Å². The summed E-state index contributed by atoms with van der Waals surface area (Å²) in [6, 6.07) is 8.79. The zero-order chi connectivity index (χ0) is 20.3. The number of terminal acetylenes is 1. The van der Waals surface area contributed by atoms with Gasteiger partial charge in [-0.3, -0.25) is 4.79 Å². The van der Waals surface area contributed by atoms with Gasteiger partial charge in [0.25, 0.3) is 5.91 Å². The lowest BCUT2D eigenvalue weighted by atomic mass is 10.1. The molecule has 0 saturated heterocycles. The molecule has 28 heavy (non-hydrogen) atoms. The fourth-order valence-corrected chi connectivity index (χ4v) is 2.89. The first-order chi connectivity index (χ1) is 13.4. The van der Waals surface area contributed by atoms with E-state index in [1.165, 1.54) is 0 Å². The number of methoxy groups -OCH3 is 1. The maximum atomic E-state index is 12.0. The van der Waals surface area contributed by atoms with E-state index >= 15 is 0 Å². The second kappa shape index (κ2) is 8.15. The number of anilines is 2. The molecular formula is C21H19ClN4O2. The first kappa shape index (κ1) is 19.5. The highest BCUT2D eigenvalue weighted by Crippen LogP contribution is 2.33. The third-order valence-electron chi connectivity index (χ3n) is 3.97. The highest BCUT2D eigenvalue weighted by atomic mass is 35.5. The molecule has 0 spiro atoms. The maximum absolute atomic E-state index is 12.0. The summed E-state index contributed by atoms with van der Waals surface area (Å²) in [5, 5.41) is 6.98. The molecule has 0 unspecified atom stereocenters. The number of nitrogens with zero attached hydrogens (tertiary/aromatic N) is 2. The highest BCUT2D eigenvalue weighted by molar-refractivity contribution is 6.36. The molecule has 0 atom stereocenters. The molecule has 142 valence electrons. The predicted molar refractivity (Wildman–Crippen MR) is 111 cm³/mol. The van der Waals surface area contributed by atoms with Gasteiger partial charge in [0, 0.05) is 34.4 Å². The molecule has 2 N–H and O–H groups in total. The summed E-state index contributed by atoms with van der Waals surface area (Å²) >= 11 is 6.33. The van der Waals surface area contributed by atoms with Gasteiger partial charge in [0.2, 0.25) is 5.95 Å². The lowest BCUT2D eigenvalue weighted by molar-refractivity contribution is 0.0943. The molecule has 6 nitrogen and oxygen atoms in total. The molecule has 1 heterocycles. The van der Waals surface area contributed by atoms with Crippen molar-refractivity contribution in [1.29, 1.82) is 0 Å². The van der Waals surface area contributed by atoms with Crippen molar-refractivity contribution in [1.82, 2.24) is 15.3 Å². The van der Waals surface area contributed by atoms with Gasteiger partial charge in [-0.05, 0) is 44.2 Å². The summed E-state index contributed by atoms with van der Waals surface area (Å²) in [6.45, 7) is 3.83. The van der Waals surface area contributed by atoms with E-state index in [0.29, 0.717) is 38.8 Å². The average molecular weight is 395 g/mol. The van der Waals surface area contributed by atoms with Gasteiger partial charge in [0.15, 0.2) is 0 Å². The highest BCUT2D eigenvalue weighted by Gasteiger charge is 2.13. The molecule has 0 saturated carbocycles. The lowest BCUT2D eigenvalue weighted by Crippen LogP contribution is -2.29. The minimum Gasteiger partial charge on any atom is -0.494 e. The Kier molecular flexibility index (Phi) is 5.67. The van der Waals surface area contributed by atoms with Crippen LogP contribution >= 0.6 is 11.6 Å². The van der Waals surface area contributed by atoms with Crippen molar-refractivity contribution in [3.63, 3.8) is 0 Å². The third kappa shape index (κ3) is 4.00. The number of rotatable bonds is 5. The molecule has 0 aliphatic rings. The van der Waals surface area contributed by atoms with E-state index in [-0.39, 0.29) is 11.9 Å². The van der Waals surface area contributed by atoms with Crippen molar-refractivity contribution in [3.05, 3.63) is 52.7 Å². The summed E-state index contributed by atoms with van der Waals surface area (Å²) in [5.74, 6) is 3.29. The van der Waals surface area contributed by atoms with Crippen molar-refractivity contribution < 1.29 is 9.53 Å². The Morgan fingerprint density at radius 2 is 2.00 bits per heavy atom. The van der Waals surface area contributed by atoms with Crippen LogP contribution in [0.25, 0.3) is 10.9 Å². The van der Waals surface area contributed by atoms with Crippen LogP contribution in [0.15, 0.2) is 36.5 Å². The number of benzene rings is 2. The summed E-state index contributed by atoms with van der Waals surface area (Å²) in [5.41, 5.74) is 2.39. The summed E-state index contributed by atoms with van der Waals surface area (Å²) in [4.78, 5) is 20.8. The Balaban J connectivity index is 1.89. The molecule has 0 fully saturated rings. The first-order valence-corrected chi connectivity index (χ1v) is 8.98. The van der Waals surface area contributed by atoms with Crippen LogP contribution in [0.1, 0.15) is 29.8 Å². The SMILES string of the molecule is C#Cc1cc(OC)c2nc(Nc3ccc(C(=O)NC(C)C)cc3)ncc2c1Cl. The third-order valence-corrected chi connectivity index (χ3v) is 4.38. The fraction of sp³-hybridized carbons (Fsp3) is 0.190. The molecule has 3 rings (SSSR count). The van der Waals surface area contributed by atoms with Gasteiger partial charge in [-0.25, -0.2) is 9.97 Å². The zero-order valence-corrected chi connectivity index (χ0v) is 16.5. The monoisotopic (exact) mass is 394 g/mol.